The predicted octanol–water partition coefficient (Wildman–Crippen LogP) is 1.79. The van der Waals surface area contributed by atoms with Gasteiger partial charge in [0.25, 0.3) is 0 Å². The van der Waals surface area contributed by atoms with E-state index in [1.165, 1.54) is 12.1 Å². The lowest BCUT2D eigenvalue weighted by Gasteiger charge is -2.19. The van der Waals surface area contributed by atoms with Gasteiger partial charge in [-0.05, 0) is 30.7 Å². The van der Waals surface area contributed by atoms with Crippen molar-refractivity contribution in [3.8, 4) is 0 Å². The van der Waals surface area contributed by atoms with E-state index in [1.54, 1.807) is 6.07 Å². The van der Waals surface area contributed by atoms with Crippen molar-refractivity contribution in [3.05, 3.63) is 35.4 Å². The predicted molar refractivity (Wildman–Crippen MR) is 61.2 cm³/mol. The minimum atomic E-state index is -0.793. The highest BCUT2D eigenvalue weighted by molar-refractivity contribution is 5.18. The van der Waals surface area contributed by atoms with Crippen LogP contribution >= 0.6 is 0 Å². The topological polar surface area (TPSA) is 29.3 Å². The molecular formula is C12H18F2N2. The Labute approximate surface area is 95.1 Å². The van der Waals surface area contributed by atoms with Gasteiger partial charge in [0.1, 0.15) is 0 Å². The summed E-state index contributed by atoms with van der Waals surface area (Å²) >= 11 is 0. The summed E-state index contributed by atoms with van der Waals surface area (Å²) in [6.07, 6.45) is 0.713. The largest absolute Gasteiger partial charge is 0.329 e. The number of benzene rings is 1. The fourth-order valence-corrected chi connectivity index (χ4v) is 1.59. The second kappa shape index (κ2) is 6.55. The van der Waals surface area contributed by atoms with Gasteiger partial charge in [-0.15, -0.1) is 0 Å². The van der Waals surface area contributed by atoms with E-state index < -0.39 is 11.6 Å². The first-order valence-corrected chi connectivity index (χ1v) is 5.53. The quantitative estimate of drug-likeness (QED) is 0.804. The van der Waals surface area contributed by atoms with Crippen molar-refractivity contribution >= 4 is 0 Å². The van der Waals surface area contributed by atoms with Crippen LogP contribution in [-0.4, -0.2) is 31.1 Å². The third kappa shape index (κ3) is 3.87. The van der Waals surface area contributed by atoms with E-state index in [0.717, 1.165) is 25.2 Å². The van der Waals surface area contributed by atoms with Gasteiger partial charge in [-0.25, -0.2) is 8.78 Å². The molecule has 0 bridgehead atoms. The van der Waals surface area contributed by atoms with Crippen LogP contribution in [0.4, 0.5) is 8.78 Å². The van der Waals surface area contributed by atoms with Crippen LogP contribution in [0.5, 0.6) is 0 Å². The molecule has 0 aliphatic carbocycles. The van der Waals surface area contributed by atoms with Gasteiger partial charge in [0.05, 0.1) is 0 Å². The Bertz CT molecular complexity index is 329. The number of hydrogen-bond donors (Lipinski definition) is 1. The minimum Gasteiger partial charge on any atom is -0.329 e. The smallest absolute Gasteiger partial charge is 0.159 e. The summed E-state index contributed by atoms with van der Waals surface area (Å²) in [6.45, 7) is 5.24. The van der Waals surface area contributed by atoms with Crippen LogP contribution in [0.25, 0.3) is 0 Å². The Kier molecular flexibility index (Phi) is 5.35. The fourth-order valence-electron chi connectivity index (χ4n) is 1.59. The van der Waals surface area contributed by atoms with Crippen molar-refractivity contribution in [3.63, 3.8) is 0 Å². The zero-order valence-corrected chi connectivity index (χ0v) is 9.55. The first-order valence-electron chi connectivity index (χ1n) is 5.53. The summed E-state index contributed by atoms with van der Waals surface area (Å²) in [5, 5.41) is 0. The van der Waals surface area contributed by atoms with Gasteiger partial charge in [-0.1, -0.05) is 13.0 Å². The van der Waals surface area contributed by atoms with Gasteiger partial charge < -0.3 is 10.6 Å². The summed E-state index contributed by atoms with van der Waals surface area (Å²) in [6, 6.07) is 4.05. The van der Waals surface area contributed by atoms with Crippen LogP contribution in [0.1, 0.15) is 12.5 Å². The third-order valence-corrected chi connectivity index (χ3v) is 2.59. The molecule has 0 unspecified atom stereocenters. The zero-order valence-electron chi connectivity index (χ0n) is 9.55. The monoisotopic (exact) mass is 228 g/mol. The highest BCUT2D eigenvalue weighted by Crippen LogP contribution is 2.09. The number of hydrogen-bond acceptors (Lipinski definition) is 2. The molecule has 0 aromatic heterocycles. The van der Waals surface area contributed by atoms with E-state index in [4.69, 9.17) is 5.73 Å². The standard InChI is InChI=1S/C12H18F2N2/c1-2-16(8-6-15)7-5-10-3-4-11(13)12(14)9-10/h3-4,9H,2,5-8,15H2,1H3. The molecule has 2 nitrogen and oxygen atoms in total. The van der Waals surface area contributed by atoms with Crippen molar-refractivity contribution in [2.24, 2.45) is 5.73 Å². The SMILES string of the molecule is CCN(CCN)CCc1ccc(F)c(F)c1. The molecule has 2 N–H and O–H groups in total. The molecule has 1 aromatic carbocycles. The van der Waals surface area contributed by atoms with Gasteiger partial charge in [0.15, 0.2) is 11.6 Å². The van der Waals surface area contributed by atoms with Crippen molar-refractivity contribution in [1.82, 2.24) is 4.90 Å². The average molecular weight is 228 g/mol. The lowest BCUT2D eigenvalue weighted by Crippen LogP contribution is -2.31. The number of nitrogens with zero attached hydrogens (tertiary/aromatic N) is 1. The Hall–Kier alpha value is -1.00. The molecule has 0 atom stereocenters. The molecule has 4 heteroatoms. The summed E-state index contributed by atoms with van der Waals surface area (Å²) in [5.74, 6) is -1.57. The Morgan fingerprint density at radius 2 is 1.94 bits per heavy atom. The maximum absolute atomic E-state index is 12.9. The Balaban J connectivity index is 2.50. The molecule has 0 saturated carbocycles. The van der Waals surface area contributed by atoms with Crippen LogP contribution in [0.2, 0.25) is 0 Å². The molecule has 90 valence electrons. The summed E-state index contributed by atoms with van der Waals surface area (Å²) in [7, 11) is 0. The van der Waals surface area contributed by atoms with Gasteiger partial charge in [0.2, 0.25) is 0 Å². The first kappa shape index (κ1) is 13.1. The van der Waals surface area contributed by atoms with Gasteiger partial charge in [0, 0.05) is 19.6 Å². The number of halogens is 2. The van der Waals surface area contributed by atoms with Crippen LogP contribution in [0.3, 0.4) is 0 Å². The second-order valence-corrected chi connectivity index (χ2v) is 3.72. The second-order valence-electron chi connectivity index (χ2n) is 3.72. The zero-order chi connectivity index (χ0) is 12.0. The highest BCUT2D eigenvalue weighted by Gasteiger charge is 2.05. The molecule has 1 rings (SSSR count). The maximum Gasteiger partial charge on any atom is 0.159 e. The molecule has 0 saturated heterocycles. The van der Waals surface area contributed by atoms with Gasteiger partial charge in [-0.2, -0.15) is 0 Å². The summed E-state index contributed by atoms with van der Waals surface area (Å²) < 4.78 is 25.6. The number of rotatable bonds is 6. The molecule has 0 aliphatic heterocycles. The molecule has 16 heavy (non-hydrogen) atoms. The number of likely N-dealkylation sites (N-methyl/N-ethyl adjacent to an activating group) is 1. The molecular weight excluding hydrogens is 210 g/mol. The van der Waals surface area contributed by atoms with Crippen LogP contribution in [0.15, 0.2) is 18.2 Å². The molecule has 0 radical (unpaired) electrons. The Morgan fingerprint density at radius 1 is 1.19 bits per heavy atom. The number of nitrogens with two attached hydrogens (primary N) is 1. The van der Waals surface area contributed by atoms with E-state index in [1.807, 2.05) is 0 Å². The van der Waals surface area contributed by atoms with E-state index in [2.05, 4.69) is 11.8 Å². The maximum atomic E-state index is 12.9. The summed E-state index contributed by atoms with van der Waals surface area (Å²) in [4.78, 5) is 2.18. The van der Waals surface area contributed by atoms with Crippen LogP contribution in [0, 0.1) is 11.6 Å². The lowest BCUT2D eigenvalue weighted by molar-refractivity contribution is 0.300. The van der Waals surface area contributed by atoms with Crippen LogP contribution < -0.4 is 5.73 Å². The minimum absolute atomic E-state index is 0.617. The Morgan fingerprint density at radius 3 is 2.50 bits per heavy atom. The third-order valence-electron chi connectivity index (χ3n) is 2.59. The molecule has 0 fully saturated rings. The molecule has 0 heterocycles. The van der Waals surface area contributed by atoms with Crippen molar-refractivity contribution in [2.75, 3.05) is 26.2 Å². The van der Waals surface area contributed by atoms with E-state index in [0.29, 0.717) is 13.0 Å². The van der Waals surface area contributed by atoms with E-state index >= 15 is 0 Å². The average Bonchev–Trinajstić information content (AvgIpc) is 2.28. The molecule has 0 amide bonds. The molecule has 0 spiro atoms. The fraction of sp³-hybridized carbons (Fsp3) is 0.500. The van der Waals surface area contributed by atoms with Crippen molar-refractivity contribution < 1.29 is 8.78 Å². The lowest BCUT2D eigenvalue weighted by atomic mass is 10.1. The summed E-state index contributed by atoms with van der Waals surface area (Å²) in [5.41, 5.74) is 6.28. The van der Waals surface area contributed by atoms with Crippen molar-refractivity contribution in [1.29, 1.82) is 0 Å². The highest BCUT2D eigenvalue weighted by atomic mass is 19.2. The van der Waals surface area contributed by atoms with E-state index in [-0.39, 0.29) is 0 Å². The van der Waals surface area contributed by atoms with Gasteiger partial charge in [-0.3, -0.25) is 0 Å². The van der Waals surface area contributed by atoms with Crippen molar-refractivity contribution in [2.45, 2.75) is 13.3 Å². The molecule has 0 aliphatic rings. The van der Waals surface area contributed by atoms with Crippen LogP contribution in [-0.2, 0) is 6.42 Å². The van der Waals surface area contributed by atoms with Gasteiger partial charge >= 0.3 is 0 Å². The first-order chi connectivity index (χ1) is 7.67. The van der Waals surface area contributed by atoms with E-state index in [9.17, 15) is 8.78 Å². The normalized spacial score (nSPS) is 11.1. The molecule has 1 aromatic rings.